The van der Waals surface area contributed by atoms with Crippen molar-refractivity contribution in [1.82, 2.24) is 5.32 Å². The van der Waals surface area contributed by atoms with E-state index in [1.165, 1.54) is 19.3 Å². The average Bonchev–Trinajstić information content (AvgIpc) is 2.74. The van der Waals surface area contributed by atoms with Crippen molar-refractivity contribution in [2.45, 2.75) is 37.9 Å². The van der Waals surface area contributed by atoms with Crippen molar-refractivity contribution in [3.05, 3.63) is 0 Å². The fraction of sp³-hybridized carbons (Fsp3) is 0.929. The molecule has 1 amide bonds. The molecule has 0 aromatic heterocycles. The number of rotatable bonds is 4. The summed E-state index contributed by atoms with van der Waals surface area (Å²) in [7, 11) is 0. The van der Waals surface area contributed by atoms with E-state index in [4.69, 9.17) is 0 Å². The highest BCUT2D eigenvalue weighted by Gasteiger charge is 2.67. The number of carbonyl (C=O) groups is 1. The third-order valence-corrected chi connectivity index (χ3v) is 6.61. The molecule has 3 fully saturated rings. The lowest BCUT2D eigenvalue weighted by atomic mass is 10.0. The fourth-order valence-electron chi connectivity index (χ4n) is 4.23. The lowest BCUT2D eigenvalue weighted by Gasteiger charge is -2.15. The number of amides is 1. The van der Waals surface area contributed by atoms with E-state index in [9.17, 15) is 4.79 Å². The van der Waals surface area contributed by atoms with Crippen molar-refractivity contribution in [2.24, 2.45) is 35.5 Å². The molecular formula is C14H22BrNO. The molecule has 0 aromatic rings. The van der Waals surface area contributed by atoms with E-state index in [1.807, 2.05) is 0 Å². The number of hydrogen-bond acceptors (Lipinski definition) is 1. The van der Waals surface area contributed by atoms with Crippen molar-refractivity contribution >= 4 is 21.8 Å². The van der Waals surface area contributed by atoms with Crippen LogP contribution >= 0.6 is 15.9 Å². The van der Waals surface area contributed by atoms with Crippen molar-refractivity contribution < 1.29 is 4.79 Å². The Morgan fingerprint density at radius 1 is 1.29 bits per heavy atom. The highest BCUT2D eigenvalue weighted by Crippen LogP contribution is 2.69. The van der Waals surface area contributed by atoms with E-state index in [0.717, 1.165) is 30.2 Å². The molecule has 96 valence electrons. The summed E-state index contributed by atoms with van der Waals surface area (Å²) in [6.07, 6.45) is 4.21. The van der Waals surface area contributed by atoms with Gasteiger partial charge in [-0.05, 0) is 48.9 Å². The van der Waals surface area contributed by atoms with Gasteiger partial charge in [-0.1, -0.05) is 29.8 Å². The molecule has 3 aliphatic rings. The first-order valence-electron chi connectivity index (χ1n) is 7.01. The average molecular weight is 300 g/mol. The lowest BCUT2D eigenvalue weighted by Crippen LogP contribution is -2.34. The van der Waals surface area contributed by atoms with Gasteiger partial charge in [0.2, 0.25) is 5.91 Å². The van der Waals surface area contributed by atoms with Gasteiger partial charge >= 0.3 is 0 Å². The summed E-state index contributed by atoms with van der Waals surface area (Å²) in [4.78, 5) is 12.5. The first kappa shape index (κ1) is 12.0. The van der Waals surface area contributed by atoms with Crippen LogP contribution in [0.2, 0.25) is 0 Å². The van der Waals surface area contributed by atoms with Crippen LogP contribution in [-0.2, 0) is 4.79 Å². The summed E-state index contributed by atoms with van der Waals surface area (Å²) < 4.78 is 0. The second-order valence-electron chi connectivity index (χ2n) is 6.52. The first-order valence-corrected chi connectivity index (χ1v) is 7.93. The minimum absolute atomic E-state index is 0.335. The Morgan fingerprint density at radius 2 is 1.88 bits per heavy atom. The predicted molar refractivity (Wildman–Crippen MR) is 71.9 cm³/mol. The molecule has 3 saturated carbocycles. The number of hydrogen-bond donors (Lipinski definition) is 1. The van der Waals surface area contributed by atoms with Gasteiger partial charge in [0.05, 0.1) is 0 Å². The normalized spacial score (nSPS) is 43.6. The maximum Gasteiger partial charge on any atom is 0.223 e. The van der Waals surface area contributed by atoms with Gasteiger partial charge in [0.25, 0.3) is 0 Å². The molecule has 5 unspecified atom stereocenters. The van der Waals surface area contributed by atoms with Crippen LogP contribution in [0.3, 0.4) is 0 Å². The van der Waals surface area contributed by atoms with Crippen LogP contribution in [-0.4, -0.2) is 17.3 Å². The zero-order valence-electron chi connectivity index (χ0n) is 10.7. The topological polar surface area (TPSA) is 29.1 Å². The molecule has 2 nitrogen and oxygen atoms in total. The van der Waals surface area contributed by atoms with Gasteiger partial charge in [0.1, 0.15) is 0 Å². The van der Waals surface area contributed by atoms with Crippen LogP contribution in [0, 0.1) is 35.5 Å². The summed E-state index contributed by atoms with van der Waals surface area (Å²) in [5.74, 6) is 4.61. The van der Waals surface area contributed by atoms with E-state index >= 15 is 0 Å². The van der Waals surface area contributed by atoms with Crippen molar-refractivity contribution in [2.75, 3.05) is 6.54 Å². The number of carbonyl (C=O) groups excluding carboxylic acids is 1. The quantitative estimate of drug-likeness (QED) is 0.795. The minimum Gasteiger partial charge on any atom is -0.355 e. The van der Waals surface area contributed by atoms with Gasteiger partial charge in [-0.2, -0.15) is 0 Å². The lowest BCUT2D eigenvalue weighted by molar-refractivity contribution is -0.123. The third-order valence-electron chi connectivity index (χ3n) is 5.23. The van der Waals surface area contributed by atoms with Crippen LogP contribution in [0.4, 0.5) is 0 Å². The smallest absolute Gasteiger partial charge is 0.223 e. The number of nitrogens with one attached hydrogen (secondary N) is 1. The largest absolute Gasteiger partial charge is 0.355 e. The van der Waals surface area contributed by atoms with Gasteiger partial charge in [-0.25, -0.2) is 0 Å². The molecule has 1 N–H and O–H groups in total. The molecule has 0 aromatic carbocycles. The van der Waals surface area contributed by atoms with E-state index in [2.05, 4.69) is 35.1 Å². The highest BCUT2D eigenvalue weighted by molar-refractivity contribution is 9.09. The molecule has 5 atom stereocenters. The summed E-state index contributed by atoms with van der Waals surface area (Å²) in [6, 6.07) is 0. The highest BCUT2D eigenvalue weighted by atomic mass is 79.9. The van der Waals surface area contributed by atoms with Crippen molar-refractivity contribution in [3.8, 4) is 0 Å². The monoisotopic (exact) mass is 299 g/mol. The summed E-state index contributed by atoms with van der Waals surface area (Å²) >= 11 is 3.62. The zero-order valence-corrected chi connectivity index (χ0v) is 12.2. The van der Waals surface area contributed by atoms with Gasteiger partial charge in [0.15, 0.2) is 0 Å². The van der Waals surface area contributed by atoms with Crippen LogP contribution in [0.15, 0.2) is 0 Å². The first-order chi connectivity index (χ1) is 8.09. The van der Waals surface area contributed by atoms with E-state index in [-0.39, 0.29) is 0 Å². The molecule has 0 heterocycles. The molecule has 2 bridgehead atoms. The SMILES string of the molecule is CC(C)C(Br)CNC(=O)C1C2C3CCC(C3)C12. The van der Waals surface area contributed by atoms with Crippen LogP contribution < -0.4 is 5.32 Å². The molecule has 0 radical (unpaired) electrons. The molecule has 3 aliphatic carbocycles. The fourth-order valence-corrected chi connectivity index (χ4v) is 4.39. The maximum absolute atomic E-state index is 12.1. The Balaban J connectivity index is 1.49. The number of halogens is 1. The number of fused-ring (bicyclic) bond motifs is 5. The Kier molecular flexibility index (Phi) is 3.00. The summed E-state index contributed by atoms with van der Waals surface area (Å²) in [5, 5.41) is 3.14. The van der Waals surface area contributed by atoms with E-state index in [0.29, 0.717) is 22.6 Å². The molecule has 0 aliphatic heterocycles. The maximum atomic E-state index is 12.1. The summed E-state index contributed by atoms with van der Waals surface area (Å²) in [6.45, 7) is 5.14. The predicted octanol–water partition coefficient (Wildman–Crippen LogP) is 2.81. The second-order valence-corrected chi connectivity index (χ2v) is 7.70. The molecule has 0 spiro atoms. The Hall–Kier alpha value is -0.0500. The van der Waals surface area contributed by atoms with Gasteiger partial charge in [-0.15, -0.1) is 0 Å². The molecule has 0 saturated heterocycles. The summed E-state index contributed by atoms with van der Waals surface area (Å²) in [5.41, 5.74) is 0. The van der Waals surface area contributed by atoms with Crippen LogP contribution in [0.1, 0.15) is 33.1 Å². The van der Waals surface area contributed by atoms with Gasteiger partial charge < -0.3 is 5.32 Å². The van der Waals surface area contributed by atoms with E-state index < -0.39 is 0 Å². The van der Waals surface area contributed by atoms with Crippen LogP contribution in [0.5, 0.6) is 0 Å². The molecule has 3 heteroatoms. The zero-order chi connectivity index (χ0) is 12.2. The number of alkyl halides is 1. The second kappa shape index (κ2) is 4.25. The van der Waals surface area contributed by atoms with Crippen LogP contribution in [0.25, 0.3) is 0 Å². The van der Waals surface area contributed by atoms with E-state index in [1.54, 1.807) is 0 Å². The Morgan fingerprint density at radius 3 is 2.41 bits per heavy atom. The third kappa shape index (κ3) is 1.94. The van der Waals surface area contributed by atoms with Gasteiger partial charge in [0, 0.05) is 17.3 Å². The molecule has 17 heavy (non-hydrogen) atoms. The standard InChI is InChI=1S/C14H22BrNO/c1-7(2)10(15)6-16-14(17)13-11-8-3-4-9(5-8)12(11)13/h7-13H,3-6H2,1-2H3,(H,16,17). The molecular weight excluding hydrogens is 278 g/mol. The van der Waals surface area contributed by atoms with Gasteiger partial charge in [-0.3, -0.25) is 4.79 Å². The Labute approximate surface area is 112 Å². The minimum atomic E-state index is 0.335. The van der Waals surface area contributed by atoms with Crippen molar-refractivity contribution in [3.63, 3.8) is 0 Å². The molecule has 3 rings (SSSR count). The Bertz CT molecular complexity index is 314. The van der Waals surface area contributed by atoms with Crippen molar-refractivity contribution in [1.29, 1.82) is 0 Å².